The first-order chi connectivity index (χ1) is 8.45. The van der Waals surface area contributed by atoms with E-state index in [4.69, 9.17) is 20.2 Å². The van der Waals surface area contributed by atoms with Gasteiger partial charge in [-0.15, -0.1) is 0 Å². The number of methoxy groups -OCH3 is 1. The molecule has 0 aromatic heterocycles. The number of hydrogen-bond donors (Lipinski definition) is 0. The number of rotatable bonds is 7. The summed E-state index contributed by atoms with van der Waals surface area (Å²) in [6.07, 6.45) is 1.79. The maximum absolute atomic E-state index is 11.1. The lowest BCUT2D eigenvalue weighted by Crippen LogP contribution is -2.00. The maximum Gasteiger partial charge on any atom is 0.261 e. The number of ether oxygens (including phenoxy) is 2. The lowest BCUT2D eigenvalue weighted by atomic mass is 10.3. The molecule has 0 atom stereocenters. The Labute approximate surface area is 120 Å². The highest BCUT2D eigenvalue weighted by atomic mass is 79.9. The van der Waals surface area contributed by atoms with E-state index in [9.17, 15) is 8.42 Å². The minimum Gasteiger partial charge on any atom is -0.492 e. The van der Waals surface area contributed by atoms with Crippen LogP contribution in [0.25, 0.3) is 0 Å². The summed E-state index contributed by atoms with van der Waals surface area (Å²) in [6.45, 7) is 1.25. The molecular formula is C11H14BrClO4S. The van der Waals surface area contributed by atoms with Crippen LogP contribution in [0.3, 0.4) is 0 Å². The van der Waals surface area contributed by atoms with Crippen LogP contribution in [0.1, 0.15) is 12.8 Å². The molecule has 0 aliphatic rings. The van der Waals surface area contributed by atoms with Gasteiger partial charge in [0.05, 0.1) is 16.0 Å². The zero-order chi connectivity index (χ0) is 13.6. The van der Waals surface area contributed by atoms with Gasteiger partial charge in [0.25, 0.3) is 9.05 Å². The number of hydrogen-bond acceptors (Lipinski definition) is 4. The normalized spacial score (nSPS) is 11.5. The fourth-order valence-corrected chi connectivity index (χ4v) is 2.70. The fraction of sp³-hybridized carbons (Fsp3) is 0.455. The van der Waals surface area contributed by atoms with Crippen LogP contribution in [0.15, 0.2) is 27.6 Å². The van der Waals surface area contributed by atoms with Crippen LogP contribution in [-0.4, -0.2) is 28.7 Å². The van der Waals surface area contributed by atoms with E-state index in [1.54, 1.807) is 13.2 Å². The Kier molecular flexibility index (Phi) is 6.42. The minimum absolute atomic E-state index is 0.0442. The van der Waals surface area contributed by atoms with E-state index >= 15 is 0 Å². The smallest absolute Gasteiger partial charge is 0.261 e. The Bertz CT molecular complexity index is 490. The van der Waals surface area contributed by atoms with E-state index in [2.05, 4.69) is 15.9 Å². The lowest BCUT2D eigenvalue weighted by Gasteiger charge is -2.08. The zero-order valence-electron chi connectivity index (χ0n) is 9.86. The summed E-state index contributed by atoms with van der Waals surface area (Å²) in [7, 11) is 3.19. The molecule has 1 aromatic rings. The summed E-state index contributed by atoms with van der Waals surface area (Å²) in [5.41, 5.74) is 0. The van der Waals surface area contributed by atoms with Crippen LogP contribution in [0, 0.1) is 0 Å². The summed E-state index contributed by atoms with van der Waals surface area (Å²) < 4.78 is 33.2. The highest BCUT2D eigenvalue weighted by Gasteiger charge is 2.12. The van der Waals surface area contributed by atoms with Gasteiger partial charge >= 0.3 is 0 Å². The summed E-state index contributed by atoms with van der Waals surface area (Å²) in [4.78, 5) is 0.0442. The van der Waals surface area contributed by atoms with Gasteiger partial charge in [-0.05, 0) is 47.0 Å². The van der Waals surface area contributed by atoms with Gasteiger partial charge < -0.3 is 9.47 Å². The van der Waals surface area contributed by atoms with E-state index in [1.165, 1.54) is 12.1 Å². The van der Waals surface area contributed by atoms with E-state index in [0.717, 1.165) is 12.8 Å². The monoisotopic (exact) mass is 356 g/mol. The van der Waals surface area contributed by atoms with Crippen LogP contribution in [0.2, 0.25) is 0 Å². The van der Waals surface area contributed by atoms with Crippen LogP contribution < -0.4 is 4.74 Å². The molecule has 0 aliphatic carbocycles. The maximum atomic E-state index is 11.1. The van der Waals surface area contributed by atoms with Crippen molar-refractivity contribution in [2.45, 2.75) is 17.7 Å². The molecule has 0 amide bonds. The number of unbranched alkanes of at least 4 members (excludes halogenated alkanes) is 1. The van der Waals surface area contributed by atoms with Gasteiger partial charge in [-0.2, -0.15) is 0 Å². The Balaban J connectivity index is 2.58. The molecule has 102 valence electrons. The number of benzene rings is 1. The van der Waals surface area contributed by atoms with Crippen LogP contribution in [0.4, 0.5) is 0 Å². The standard InChI is InChI=1S/C11H14BrClO4S/c1-16-6-2-3-7-17-11-5-4-9(8-10(11)12)18(13,14)15/h4-5,8H,2-3,6-7H2,1H3. The molecule has 0 saturated heterocycles. The van der Waals surface area contributed by atoms with E-state index in [0.29, 0.717) is 23.4 Å². The van der Waals surface area contributed by atoms with Gasteiger partial charge in [-0.3, -0.25) is 0 Å². The highest BCUT2D eigenvalue weighted by molar-refractivity contribution is 9.10. The fourth-order valence-electron chi connectivity index (χ4n) is 1.28. The Morgan fingerprint density at radius 3 is 2.50 bits per heavy atom. The molecule has 0 saturated carbocycles. The first-order valence-corrected chi connectivity index (χ1v) is 8.41. The molecule has 0 bridgehead atoms. The molecule has 0 aliphatic heterocycles. The first-order valence-electron chi connectivity index (χ1n) is 5.31. The molecule has 0 spiro atoms. The Morgan fingerprint density at radius 1 is 1.28 bits per heavy atom. The highest BCUT2D eigenvalue weighted by Crippen LogP contribution is 2.29. The third-order valence-electron chi connectivity index (χ3n) is 2.19. The summed E-state index contributed by atoms with van der Waals surface area (Å²) >= 11 is 3.25. The number of halogens is 2. The van der Waals surface area contributed by atoms with Crippen molar-refractivity contribution in [3.63, 3.8) is 0 Å². The molecule has 0 radical (unpaired) electrons. The predicted molar refractivity (Wildman–Crippen MR) is 73.8 cm³/mol. The zero-order valence-corrected chi connectivity index (χ0v) is 13.0. The van der Waals surface area contributed by atoms with Gasteiger partial charge in [0.2, 0.25) is 0 Å². The van der Waals surface area contributed by atoms with E-state index < -0.39 is 9.05 Å². The van der Waals surface area contributed by atoms with Crippen LogP contribution >= 0.6 is 26.6 Å². The van der Waals surface area contributed by atoms with Gasteiger partial charge in [-0.1, -0.05) is 0 Å². The SMILES string of the molecule is COCCCCOc1ccc(S(=O)(=O)Cl)cc1Br. The Hall–Kier alpha value is -0.300. The van der Waals surface area contributed by atoms with E-state index in [1.807, 2.05) is 0 Å². The van der Waals surface area contributed by atoms with Crippen molar-refractivity contribution in [1.82, 2.24) is 0 Å². The van der Waals surface area contributed by atoms with Crippen molar-refractivity contribution in [3.8, 4) is 5.75 Å². The summed E-state index contributed by atoms with van der Waals surface area (Å²) in [6, 6.07) is 4.42. The molecule has 4 nitrogen and oxygen atoms in total. The molecule has 7 heteroatoms. The molecule has 0 fully saturated rings. The third-order valence-corrected chi connectivity index (χ3v) is 4.16. The largest absolute Gasteiger partial charge is 0.492 e. The van der Waals surface area contributed by atoms with Crippen molar-refractivity contribution in [1.29, 1.82) is 0 Å². The van der Waals surface area contributed by atoms with Crippen molar-refractivity contribution in [3.05, 3.63) is 22.7 Å². The van der Waals surface area contributed by atoms with Crippen molar-refractivity contribution in [2.75, 3.05) is 20.3 Å². The van der Waals surface area contributed by atoms with Gasteiger partial charge in [0, 0.05) is 24.4 Å². The van der Waals surface area contributed by atoms with E-state index in [-0.39, 0.29) is 4.90 Å². The molecule has 0 N–H and O–H groups in total. The molecule has 0 unspecified atom stereocenters. The molecule has 18 heavy (non-hydrogen) atoms. The minimum atomic E-state index is -3.70. The third kappa shape index (κ3) is 5.14. The quantitative estimate of drug-likeness (QED) is 0.555. The molecule has 1 rings (SSSR count). The lowest BCUT2D eigenvalue weighted by molar-refractivity contribution is 0.184. The average Bonchev–Trinajstić information content (AvgIpc) is 2.29. The van der Waals surface area contributed by atoms with Crippen molar-refractivity contribution >= 4 is 35.7 Å². The van der Waals surface area contributed by atoms with Crippen LogP contribution in [-0.2, 0) is 13.8 Å². The second kappa shape index (κ2) is 7.33. The van der Waals surface area contributed by atoms with Gasteiger partial charge in [0.15, 0.2) is 0 Å². The predicted octanol–water partition coefficient (Wildman–Crippen LogP) is 3.18. The first kappa shape index (κ1) is 15.8. The van der Waals surface area contributed by atoms with Crippen molar-refractivity contribution < 1.29 is 17.9 Å². The topological polar surface area (TPSA) is 52.6 Å². The molecule has 0 heterocycles. The van der Waals surface area contributed by atoms with Gasteiger partial charge in [-0.25, -0.2) is 8.42 Å². The average molecular weight is 358 g/mol. The molecule has 1 aromatic carbocycles. The van der Waals surface area contributed by atoms with Gasteiger partial charge in [0.1, 0.15) is 5.75 Å². The summed E-state index contributed by atoms with van der Waals surface area (Å²) in [5, 5.41) is 0. The summed E-state index contributed by atoms with van der Waals surface area (Å²) in [5.74, 6) is 0.594. The second-order valence-corrected chi connectivity index (χ2v) is 7.00. The van der Waals surface area contributed by atoms with Crippen LogP contribution in [0.5, 0.6) is 5.75 Å². The molecular weight excluding hydrogens is 344 g/mol. The van der Waals surface area contributed by atoms with Crippen molar-refractivity contribution in [2.24, 2.45) is 0 Å². The Morgan fingerprint density at radius 2 is 1.94 bits per heavy atom. The second-order valence-electron chi connectivity index (χ2n) is 3.58.